The van der Waals surface area contributed by atoms with E-state index >= 15 is 0 Å². The highest BCUT2D eigenvalue weighted by Crippen LogP contribution is 2.19. The number of nitrogens with one attached hydrogen (secondary N) is 1. The Kier molecular flexibility index (Phi) is 3.94. The number of rotatable bonds is 4. The average molecular weight is 298 g/mol. The van der Waals surface area contributed by atoms with Crippen molar-refractivity contribution < 1.29 is 9.90 Å². The molecule has 4 nitrogen and oxygen atoms in total. The van der Waals surface area contributed by atoms with E-state index in [0.717, 1.165) is 15.8 Å². The van der Waals surface area contributed by atoms with Gasteiger partial charge in [0.2, 0.25) is 0 Å². The molecule has 0 spiro atoms. The van der Waals surface area contributed by atoms with Crippen molar-refractivity contribution >= 4 is 27.5 Å². The molecule has 0 saturated carbocycles. The first-order valence-electron chi connectivity index (χ1n) is 6.58. The zero-order valence-electron chi connectivity index (χ0n) is 11.2. The number of nitrogens with zero attached hydrogens (tertiary/aromatic N) is 1. The Bertz CT molecular complexity index is 755. The predicted molar refractivity (Wildman–Crippen MR) is 83.4 cm³/mol. The Morgan fingerprint density at radius 3 is 2.86 bits per heavy atom. The van der Waals surface area contributed by atoms with E-state index in [2.05, 4.69) is 10.3 Å². The number of fused-ring (bicyclic) bond motifs is 1. The Balaban J connectivity index is 1.66. The van der Waals surface area contributed by atoms with Gasteiger partial charge in [-0.05, 0) is 23.8 Å². The zero-order chi connectivity index (χ0) is 14.7. The van der Waals surface area contributed by atoms with Gasteiger partial charge in [0.1, 0.15) is 0 Å². The number of hydrogen-bond donors (Lipinski definition) is 2. The molecule has 2 N–H and O–H groups in total. The lowest BCUT2D eigenvalue weighted by molar-refractivity contribution is 0.0916. The summed E-state index contributed by atoms with van der Waals surface area (Å²) in [5, 5.41) is 12.8. The third-order valence-corrected chi connectivity index (χ3v) is 4.03. The Morgan fingerprint density at radius 2 is 2.05 bits per heavy atom. The van der Waals surface area contributed by atoms with E-state index in [1.54, 1.807) is 11.6 Å². The number of aromatic nitrogens is 1. The van der Waals surface area contributed by atoms with Gasteiger partial charge in [0.25, 0.3) is 5.91 Å². The van der Waals surface area contributed by atoms with Crippen molar-refractivity contribution in [3.63, 3.8) is 0 Å². The molecule has 1 heterocycles. The molecule has 1 amide bonds. The first kappa shape index (κ1) is 13.7. The fraction of sp³-hybridized carbons (Fsp3) is 0.125. The van der Waals surface area contributed by atoms with Gasteiger partial charge in [0.05, 0.1) is 21.8 Å². The summed E-state index contributed by atoms with van der Waals surface area (Å²) < 4.78 is 0.978. The Labute approximate surface area is 126 Å². The second kappa shape index (κ2) is 6.03. The molecule has 0 aliphatic carbocycles. The standard InChI is InChI=1S/C16H14N2O2S/c19-14(11-4-2-1-3-5-11)9-17-16(20)12-6-7-13-15(8-12)21-10-18-13/h1-8,10,14,19H,9H2,(H,17,20). The van der Waals surface area contributed by atoms with E-state index in [9.17, 15) is 9.90 Å². The van der Waals surface area contributed by atoms with Gasteiger partial charge in [0.15, 0.2) is 0 Å². The van der Waals surface area contributed by atoms with Crippen LogP contribution < -0.4 is 5.32 Å². The second-order valence-corrected chi connectivity index (χ2v) is 5.56. The second-order valence-electron chi connectivity index (χ2n) is 4.67. The monoisotopic (exact) mass is 298 g/mol. The average Bonchev–Trinajstić information content (AvgIpc) is 3.00. The summed E-state index contributed by atoms with van der Waals surface area (Å²) in [7, 11) is 0. The number of hydrogen-bond acceptors (Lipinski definition) is 4. The first-order valence-corrected chi connectivity index (χ1v) is 7.46. The number of aliphatic hydroxyl groups excluding tert-OH is 1. The van der Waals surface area contributed by atoms with Crippen LogP contribution in [0.2, 0.25) is 0 Å². The summed E-state index contributed by atoms with van der Waals surface area (Å²) in [6.07, 6.45) is -0.706. The van der Waals surface area contributed by atoms with Gasteiger partial charge in [0, 0.05) is 12.1 Å². The molecule has 0 saturated heterocycles. The normalized spacial score (nSPS) is 12.2. The SMILES string of the molecule is O=C(NCC(O)c1ccccc1)c1ccc2ncsc2c1. The third kappa shape index (κ3) is 3.09. The van der Waals surface area contributed by atoms with E-state index < -0.39 is 6.10 Å². The maximum absolute atomic E-state index is 12.1. The molecule has 1 unspecified atom stereocenters. The molecule has 0 fully saturated rings. The van der Waals surface area contributed by atoms with E-state index in [4.69, 9.17) is 0 Å². The number of amides is 1. The van der Waals surface area contributed by atoms with E-state index in [1.807, 2.05) is 42.5 Å². The van der Waals surface area contributed by atoms with E-state index in [1.165, 1.54) is 11.3 Å². The van der Waals surface area contributed by atoms with Gasteiger partial charge in [-0.25, -0.2) is 4.98 Å². The molecule has 1 aromatic heterocycles. The van der Waals surface area contributed by atoms with Gasteiger partial charge in [-0.2, -0.15) is 0 Å². The zero-order valence-corrected chi connectivity index (χ0v) is 12.0. The molecular weight excluding hydrogens is 284 g/mol. The minimum atomic E-state index is -0.706. The van der Waals surface area contributed by atoms with E-state index in [-0.39, 0.29) is 12.5 Å². The molecule has 5 heteroatoms. The van der Waals surface area contributed by atoms with Crippen molar-refractivity contribution in [2.24, 2.45) is 0 Å². The summed E-state index contributed by atoms with van der Waals surface area (Å²) in [4.78, 5) is 16.3. The van der Waals surface area contributed by atoms with Gasteiger partial charge < -0.3 is 10.4 Å². The number of carbonyl (C=O) groups excluding carboxylic acids is 1. The quantitative estimate of drug-likeness (QED) is 0.778. The van der Waals surface area contributed by atoms with Gasteiger partial charge in [-0.1, -0.05) is 30.3 Å². The Morgan fingerprint density at radius 1 is 1.24 bits per heavy atom. The smallest absolute Gasteiger partial charge is 0.251 e. The molecule has 21 heavy (non-hydrogen) atoms. The molecule has 0 radical (unpaired) electrons. The molecule has 106 valence electrons. The molecule has 0 aliphatic heterocycles. The summed E-state index contributed by atoms with van der Waals surface area (Å²) >= 11 is 1.50. The maximum Gasteiger partial charge on any atom is 0.251 e. The van der Waals surface area contributed by atoms with E-state index in [0.29, 0.717) is 5.56 Å². The summed E-state index contributed by atoms with van der Waals surface area (Å²) in [5.41, 5.74) is 4.01. The van der Waals surface area contributed by atoms with Crippen LogP contribution in [0.5, 0.6) is 0 Å². The van der Waals surface area contributed by atoms with Gasteiger partial charge in [-0.15, -0.1) is 11.3 Å². The highest BCUT2D eigenvalue weighted by Gasteiger charge is 2.11. The predicted octanol–water partition coefficient (Wildman–Crippen LogP) is 2.76. The lowest BCUT2D eigenvalue weighted by Gasteiger charge is -2.12. The largest absolute Gasteiger partial charge is 0.387 e. The molecule has 0 aliphatic rings. The fourth-order valence-corrected chi connectivity index (χ4v) is 2.80. The van der Waals surface area contributed by atoms with Crippen LogP contribution in [-0.2, 0) is 0 Å². The number of aliphatic hydroxyl groups is 1. The van der Waals surface area contributed by atoms with Gasteiger partial charge >= 0.3 is 0 Å². The van der Waals surface area contributed by atoms with Crippen LogP contribution in [-0.4, -0.2) is 22.5 Å². The lowest BCUT2D eigenvalue weighted by Crippen LogP contribution is -2.28. The van der Waals surface area contributed by atoms with Crippen molar-refractivity contribution in [1.82, 2.24) is 10.3 Å². The summed E-state index contributed by atoms with van der Waals surface area (Å²) in [6, 6.07) is 14.7. The third-order valence-electron chi connectivity index (χ3n) is 3.23. The van der Waals surface area contributed by atoms with Crippen LogP contribution in [0.15, 0.2) is 54.0 Å². The van der Waals surface area contributed by atoms with Crippen molar-refractivity contribution in [1.29, 1.82) is 0 Å². The fourth-order valence-electron chi connectivity index (χ4n) is 2.08. The summed E-state index contributed by atoms with van der Waals surface area (Å²) in [5.74, 6) is -0.194. The van der Waals surface area contributed by atoms with Crippen LogP contribution in [0.1, 0.15) is 22.0 Å². The number of benzene rings is 2. The molecule has 3 aromatic rings. The van der Waals surface area contributed by atoms with Crippen molar-refractivity contribution in [2.45, 2.75) is 6.10 Å². The highest BCUT2D eigenvalue weighted by atomic mass is 32.1. The first-order chi connectivity index (χ1) is 10.2. The van der Waals surface area contributed by atoms with Crippen LogP contribution >= 0.6 is 11.3 Å². The van der Waals surface area contributed by atoms with Crippen LogP contribution in [0.4, 0.5) is 0 Å². The maximum atomic E-state index is 12.1. The molecule has 0 bridgehead atoms. The molecular formula is C16H14N2O2S. The van der Waals surface area contributed by atoms with Crippen LogP contribution in [0, 0.1) is 0 Å². The van der Waals surface area contributed by atoms with Crippen molar-refractivity contribution in [3.8, 4) is 0 Å². The Hall–Kier alpha value is -2.24. The van der Waals surface area contributed by atoms with Gasteiger partial charge in [-0.3, -0.25) is 4.79 Å². The van der Waals surface area contributed by atoms with Crippen molar-refractivity contribution in [3.05, 3.63) is 65.2 Å². The molecule has 1 atom stereocenters. The summed E-state index contributed by atoms with van der Waals surface area (Å²) in [6.45, 7) is 0.184. The van der Waals surface area contributed by atoms with Crippen molar-refractivity contribution in [2.75, 3.05) is 6.54 Å². The number of carbonyl (C=O) groups is 1. The lowest BCUT2D eigenvalue weighted by atomic mass is 10.1. The number of thiazole rings is 1. The minimum absolute atomic E-state index is 0.184. The topological polar surface area (TPSA) is 62.2 Å². The molecule has 3 rings (SSSR count). The minimum Gasteiger partial charge on any atom is -0.387 e. The highest BCUT2D eigenvalue weighted by molar-refractivity contribution is 7.16. The van der Waals surface area contributed by atoms with Crippen LogP contribution in [0.25, 0.3) is 10.2 Å². The van der Waals surface area contributed by atoms with Crippen LogP contribution in [0.3, 0.4) is 0 Å². The molecule has 2 aromatic carbocycles.